The van der Waals surface area contributed by atoms with Gasteiger partial charge in [-0.1, -0.05) is 24.3 Å². The highest BCUT2D eigenvalue weighted by Crippen LogP contribution is 2.53. The summed E-state index contributed by atoms with van der Waals surface area (Å²) >= 11 is 2.78. The van der Waals surface area contributed by atoms with Gasteiger partial charge in [0, 0.05) is 0 Å². The van der Waals surface area contributed by atoms with Crippen molar-refractivity contribution in [1.29, 1.82) is 0 Å². The number of hydrogen-bond donors (Lipinski definition) is 2. The monoisotopic (exact) mass is 660 g/mol. The van der Waals surface area contributed by atoms with Gasteiger partial charge in [-0.15, -0.1) is 23.5 Å². The highest BCUT2D eigenvalue weighted by atomic mass is 32.2. The lowest BCUT2D eigenvalue weighted by Gasteiger charge is -2.48. The first-order valence-corrected chi connectivity index (χ1v) is 16.5. The molecule has 8 amide bonds. The zero-order valence-corrected chi connectivity index (χ0v) is 26.7. The molecule has 0 spiro atoms. The Bertz CT molecular complexity index is 1650. The number of carbonyl (C=O) groups is 7. The molecule has 0 radical (unpaired) electrons. The molecule has 13 nitrogen and oxygen atoms in total. The third-order valence-electron chi connectivity index (χ3n) is 9.57. The van der Waals surface area contributed by atoms with Crippen LogP contribution in [0.4, 0.5) is 4.79 Å². The van der Waals surface area contributed by atoms with E-state index in [1.165, 1.54) is 33.3 Å². The van der Waals surface area contributed by atoms with Crippen LogP contribution < -0.4 is 10.6 Å². The molecule has 0 aliphatic carbocycles. The van der Waals surface area contributed by atoms with E-state index >= 15 is 0 Å². The van der Waals surface area contributed by atoms with Crippen LogP contribution in [0.2, 0.25) is 0 Å². The van der Waals surface area contributed by atoms with Crippen molar-refractivity contribution in [1.82, 2.24) is 30.2 Å². The maximum absolute atomic E-state index is 13.5. The van der Waals surface area contributed by atoms with Gasteiger partial charge in [0.1, 0.15) is 35.2 Å². The molecule has 6 unspecified atom stereocenters. The highest BCUT2D eigenvalue weighted by Gasteiger charge is 2.68. The Morgan fingerprint density at radius 2 is 0.891 bits per heavy atom. The first-order chi connectivity index (χ1) is 21.7. The molecule has 2 aromatic carbocycles. The molecular formula is C31H28N6O7S2. The minimum Gasteiger partial charge on any atom is -0.316 e. The van der Waals surface area contributed by atoms with E-state index in [2.05, 4.69) is 10.6 Å². The molecule has 15 heteroatoms. The number of rotatable bonds is 4. The minimum atomic E-state index is -0.991. The predicted octanol–water partition coefficient (Wildman–Crippen LogP) is 1.65. The van der Waals surface area contributed by atoms with Gasteiger partial charge >= 0.3 is 6.03 Å². The average molecular weight is 661 g/mol. The van der Waals surface area contributed by atoms with Crippen LogP contribution in [-0.2, 0) is 9.59 Å². The molecule has 46 heavy (non-hydrogen) atoms. The fraction of sp³-hybridized carbons (Fsp3) is 0.387. The number of benzene rings is 2. The van der Waals surface area contributed by atoms with Gasteiger partial charge < -0.3 is 20.4 Å². The van der Waals surface area contributed by atoms with E-state index in [9.17, 15) is 33.6 Å². The number of β-lactam (4-membered cyclic amide) rings is 2. The van der Waals surface area contributed by atoms with Crippen LogP contribution in [0.15, 0.2) is 48.5 Å². The minimum absolute atomic E-state index is 0.260. The standard InChI is InChI=1S/C31H28N6O7S2/c1-30(2)27(36-23(42)17(25(36)45-30)34-19(38)13-9-5-6-10-14(13)20(34)39)32-29(44)33-28-31(3,4)46-26-18(24(43)37(26)28)35-21(40)15-11-7-8-12-16(15)22(35)41/h5-12,17-18,25-28H,1-4H3,(H2,32,33,44). The van der Waals surface area contributed by atoms with E-state index in [4.69, 9.17) is 0 Å². The van der Waals surface area contributed by atoms with Crippen molar-refractivity contribution in [2.24, 2.45) is 0 Å². The van der Waals surface area contributed by atoms with E-state index in [0.717, 1.165) is 9.80 Å². The molecule has 6 atom stereocenters. The molecule has 2 aromatic rings. The molecule has 0 aromatic heterocycles. The van der Waals surface area contributed by atoms with Gasteiger partial charge in [-0.05, 0) is 52.0 Å². The molecule has 6 heterocycles. The Labute approximate surface area is 271 Å². The van der Waals surface area contributed by atoms with Crippen LogP contribution in [-0.4, -0.2) is 106 Å². The summed E-state index contributed by atoms with van der Waals surface area (Å²) in [6.07, 6.45) is -1.54. The summed E-state index contributed by atoms with van der Waals surface area (Å²) in [6, 6.07) is 10.3. The lowest BCUT2D eigenvalue weighted by atomic mass is 9.99. The van der Waals surface area contributed by atoms with Gasteiger partial charge in [0.15, 0.2) is 0 Å². The first-order valence-electron chi connectivity index (χ1n) is 14.8. The second-order valence-corrected chi connectivity index (χ2v) is 16.6. The third kappa shape index (κ3) is 3.63. The van der Waals surface area contributed by atoms with Gasteiger partial charge in [-0.25, -0.2) is 4.79 Å². The molecule has 236 valence electrons. The quantitative estimate of drug-likeness (QED) is 0.368. The van der Waals surface area contributed by atoms with Gasteiger partial charge in [-0.3, -0.25) is 38.6 Å². The van der Waals surface area contributed by atoms with Gasteiger partial charge in [-0.2, -0.15) is 0 Å². The van der Waals surface area contributed by atoms with Gasteiger partial charge in [0.25, 0.3) is 35.4 Å². The second kappa shape index (κ2) is 9.35. The summed E-state index contributed by atoms with van der Waals surface area (Å²) in [5, 5.41) is 4.69. The summed E-state index contributed by atoms with van der Waals surface area (Å²) in [6.45, 7) is 7.46. The summed E-state index contributed by atoms with van der Waals surface area (Å²) < 4.78 is -1.37. The van der Waals surface area contributed by atoms with Crippen LogP contribution >= 0.6 is 23.5 Å². The summed E-state index contributed by atoms with van der Waals surface area (Å²) in [5.41, 5.74) is 1.04. The maximum Gasteiger partial charge on any atom is 0.318 e. The summed E-state index contributed by atoms with van der Waals surface area (Å²) in [5.74, 6) is -2.94. The molecule has 6 aliphatic heterocycles. The molecule has 4 saturated heterocycles. The van der Waals surface area contributed by atoms with E-state index in [1.807, 2.05) is 27.7 Å². The van der Waals surface area contributed by atoms with Gasteiger partial charge in [0.2, 0.25) is 0 Å². The number of nitrogens with one attached hydrogen (secondary N) is 2. The van der Waals surface area contributed by atoms with E-state index in [0.29, 0.717) is 0 Å². The molecule has 0 bridgehead atoms. The van der Waals surface area contributed by atoms with Crippen molar-refractivity contribution >= 4 is 65.0 Å². The summed E-state index contributed by atoms with van der Waals surface area (Å²) in [4.78, 5) is 98.0. The largest absolute Gasteiger partial charge is 0.318 e. The molecule has 6 aliphatic rings. The predicted molar refractivity (Wildman–Crippen MR) is 165 cm³/mol. The van der Waals surface area contributed by atoms with Crippen molar-refractivity contribution < 1.29 is 33.6 Å². The molecule has 2 N–H and O–H groups in total. The van der Waals surface area contributed by atoms with E-state index < -0.39 is 86.1 Å². The van der Waals surface area contributed by atoms with Crippen molar-refractivity contribution in [3.63, 3.8) is 0 Å². The van der Waals surface area contributed by atoms with E-state index in [1.54, 1.807) is 48.5 Å². The average Bonchev–Trinajstić information content (AvgIpc) is 3.59. The molecule has 8 rings (SSSR count). The van der Waals surface area contributed by atoms with Crippen molar-refractivity contribution in [2.75, 3.05) is 0 Å². The number of thioether (sulfide) groups is 2. The Morgan fingerprint density at radius 1 is 0.587 bits per heavy atom. The van der Waals surface area contributed by atoms with Crippen LogP contribution in [0.3, 0.4) is 0 Å². The number of fused-ring (bicyclic) bond motifs is 4. The number of hydrogen-bond acceptors (Lipinski definition) is 9. The Kier molecular flexibility index (Phi) is 5.90. The number of urea groups is 1. The highest BCUT2D eigenvalue weighted by molar-refractivity contribution is 8.02. The Morgan fingerprint density at radius 3 is 1.20 bits per heavy atom. The smallest absolute Gasteiger partial charge is 0.316 e. The number of amides is 8. The molecule has 0 saturated carbocycles. The fourth-order valence-corrected chi connectivity index (χ4v) is 10.6. The zero-order valence-electron chi connectivity index (χ0n) is 25.0. The van der Waals surface area contributed by atoms with E-state index in [-0.39, 0.29) is 22.3 Å². The van der Waals surface area contributed by atoms with Crippen molar-refractivity contribution in [3.8, 4) is 0 Å². The Balaban J connectivity index is 0.968. The van der Waals surface area contributed by atoms with Gasteiger partial charge in [0.05, 0.1) is 31.7 Å². The number of carbonyl (C=O) groups excluding carboxylic acids is 7. The third-order valence-corrected chi connectivity index (χ3v) is 12.7. The fourth-order valence-electron chi connectivity index (χ4n) is 7.33. The molecule has 4 fully saturated rings. The maximum atomic E-state index is 13.5. The number of nitrogens with zero attached hydrogens (tertiary/aromatic N) is 4. The lowest BCUT2D eigenvalue weighted by molar-refractivity contribution is -0.153. The van der Waals surface area contributed by atoms with Crippen molar-refractivity contribution in [3.05, 3.63) is 70.8 Å². The number of imide groups is 2. The van der Waals surface area contributed by atoms with Crippen LogP contribution in [0, 0.1) is 0 Å². The summed E-state index contributed by atoms with van der Waals surface area (Å²) in [7, 11) is 0. The van der Waals surface area contributed by atoms with Crippen LogP contribution in [0.1, 0.15) is 69.1 Å². The topological polar surface area (TPSA) is 157 Å². The Hall–Kier alpha value is -4.37. The zero-order chi connectivity index (χ0) is 32.6. The van der Waals surface area contributed by atoms with Crippen LogP contribution in [0.25, 0.3) is 0 Å². The van der Waals surface area contributed by atoms with Crippen LogP contribution in [0.5, 0.6) is 0 Å². The normalized spacial score (nSPS) is 31.4. The lowest BCUT2D eigenvalue weighted by Crippen LogP contribution is -2.74. The first kappa shape index (κ1) is 29.1. The van der Waals surface area contributed by atoms with Crippen molar-refractivity contribution in [2.45, 2.75) is 72.4 Å². The second-order valence-electron chi connectivity index (χ2n) is 13.1. The SMILES string of the molecule is CC1(C)SC2C(N3C(=O)c4ccccc4C3=O)C(=O)N2C1NC(=O)NC1N2C(=O)C(N3C(=O)c4ccccc4C3=O)C2SC1(C)C. The molecular weight excluding hydrogens is 633 g/mol.